The van der Waals surface area contributed by atoms with E-state index < -0.39 is 22.0 Å². The topological polar surface area (TPSA) is 83.5 Å². The normalized spacial score (nSPS) is 12.0. The van der Waals surface area contributed by atoms with Gasteiger partial charge in [-0.25, -0.2) is 8.42 Å². The van der Waals surface area contributed by atoms with Gasteiger partial charge in [0.2, 0.25) is 10.0 Å². The molecule has 0 aliphatic carbocycles. The Balaban J connectivity index is 0.00000139. The third-order valence-corrected chi connectivity index (χ3v) is 4.70. The van der Waals surface area contributed by atoms with E-state index in [0.29, 0.717) is 0 Å². The van der Waals surface area contributed by atoms with E-state index in [1.807, 2.05) is 13.0 Å². The molecule has 0 unspecified atom stereocenters. The highest BCUT2D eigenvalue weighted by Crippen LogP contribution is 2.12. The summed E-state index contributed by atoms with van der Waals surface area (Å²) >= 11 is 4.64. The van der Waals surface area contributed by atoms with Crippen molar-refractivity contribution >= 4 is 27.6 Å². The van der Waals surface area contributed by atoms with E-state index in [1.54, 1.807) is 36.4 Å². The van der Waals surface area contributed by atoms with Crippen LogP contribution in [0.5, 0.6) is 0 Å². The fourth-order valence-electron chi connectivity index (χ4n) is 2.00. The largest absolute Gasteiger partial charge is 0.480 e. The highest BCUT2D eigenvalue weighted by atomic mass is 35.5. The van der Waals surface area contributed by atoms with Gasteiger partial charge in [0.1, 0.15) is 6.04 Å². The number of halogens is 1. The number of aryl methyl sites for hydroxylation is 1. The minimum Gasteiger partial charge on any atom is -0.480 e. The molecule has 0 aromatic heterocycles. The zero-order valence-corrected chi connectivity index (χ0v) is 15.0. The lowest BCUT2D eigenvalue weighted by Crippen LogP contribution is -2.42. The van der Waals surface area contributed by atoms with Gasteiger partial charge < -0.3 is 5.11 Å². The van der Waals surface area contributed by atoms with Crippen molar-refractivity contribution in [3.05, 3.63) is 65.7 Å². The molecule has 2 N–H and O–H groups in total. The second-order valence-corrected chi connectivity index (χ2v) is 6.73. The number of carboxylic acids is 1. The average Bonchev–Trinajstić information content (AvgIpc) is 2.57. The molecule has 2 aromatic rings. The summed E-state index contributed by atoms with van der Waals surface area (Å²) in [6.07, 6.45) is 1.56. The Morgan fingerprint density at radius 1 is 1.08 bits per heavy atom. The minimum atomic E-state index is -3.87. The van der Waals surface area contributed by atoms with Crippen LogP contribution in [-0.4, -0.2) is 31.9 Å². The van der Waals surface area contributed by atoms with Crippen molar-refractivity contribution in [1.82, 2.24) is 4.72 Å². The van der Waals surface area contributed by atoms with E-state index in [9.17, 15) is 18.3 Å². The van der Waals surface area contributed by atoms with E-state index in [1.165, 1.54) is 18.5 Å². The van der Waals surface area contributed by atoms with E-state index in [4.69, 9.17) is 0 Å². The standard InChI is InChI=1S/C16H17NO4S.CH3Cl/c1-12-7-9-14(10-8-12)22(20,21)17-15(16(18)19)11-13-5-3-2-4-6-13;1-2/h2-10,15,17H,11H2,1H3,(H,18,19);1H3/t15-;/m0./s1. The van der Waals surface area contributed by atoms with Gasteiger partial charge >= 0.3 is 5.97 Å². The van der Waals surface area contributed by atoms with Gasteiger partial charge in [-0.1, -0.05) is 48.0 Å². The van der Waals surface area contributed by atoms with Gasteiger partial charge in [0.15, 0.2) is 0 Å². The summed E-state index contributed by atoms with van der Waals surface area (Å²) in [5.74, 6) is -1.21. The SMILES string of the molecule is CCl.Cc1ccc(S(=O)(=O)N[C@@H](Cc2ccccc2)C(=O)O)cc1. The first-order valence-corrected chi connectivity index (χ1v) is 9.36. The molecule has 7 heteroatoms. The predicted octanol–water partition coefficient (Wildman–Crippen LogP) is 2.82. The molecule has 130 valence electrons. The Morgan fingerprint density at radius 2 is 1.62 bits per heavy atom. The van der Waals surface area contributed by atoms with Crippen molar-refractivity contribution in [2.45, 2.75) is 24.3 Å². The lowest BCUT2D eigenvalue weighted by Gasteiger charge is -2.15. The van der Waals surface area contributed by atoms with Crippen LogP contribution in [0.1, 0.15) is 11.1 Å². The van der Waals surface area contributed by atoms with Crippen LogP contribution >= 0.6 is 11.6 Å². The quantitative estimate of drug-likeness (QED) is 0.767. The van der Waals surface area contributed by atoms with Gasteiger partial charge in [-0.3, -0.25) is 4.79 Å². The Kier molecular flexibility index (Phi) is 7.91. The molecule has 0 radical (unpaired) electrons. The van der Waals surface area contributed by atoms with E-state index in [2.05, 4.69) is 16.3 Å². The number of benzene rings is 2. The Hall–Kier alpha value is -1.89. The van der Waals surface area contributed by atoms with Crippen molar-refractivity contribution in [3.63, 3.8) is 0 Å². The van der Waals surface area contributed by atoms with Gasteiger partial charge in [-0.2, -0.15) is 4.72 Å². The first-order chi connectivity index (χ1) is 11.4. The molecule has 0 amide bonds. The van der Waals surface area contributed by atoms with Gasteiger partial charge in [-0.05, 0) is 31.0 Å². The molecular formula is C17H20ClNO4S. The average molecular weight is 370 g/mol. The van der Waals surface area contributed by atoms with Crippen LogP contribution in [0.3, 0.4) is 0 Å². The maximum Gasteiger partial charge on any atom is 0.322 e. The molecule has 0 fully saturated rings. The summed E-state index contributed by atoms with van der Waals surface area (Å²) in [5.41, 5.74) is 1.68. The molecule has 1 atom stereocenters. The molecule has 0 saturated carbocycles. The molecule has 0 bridgehead atoms. The monoisotopic (exact) mass is 369 g/mol. The summed E-state index contributed by atoms with van der Waals surface area (Å²) < 4.78 is 26.8. The number of rotatable bonds is 6. The van der Waals surface area contributed by atoms with Crippen LogP contribution in [0.15, 0.2) is 59.5 Å². The highest BCUT2D eigenvalue weighted by Gasteiger charge is 2.25. The van der Waals surface area contributed by atoms with E-state index in [0.717, 1.165) is 11.1 Å². The molecule has 0 heterocycles. The fraction of sp³-hybridized carbons (Fsp3) is 0.235. The van der Waals surface area contributed by atoms with Crippen LogP contribution < -0.4 is 4.72 Å². The molecule has 0 saturated heterocycles. The highest BCUT2D eigenvalue weighted by molar-refractivity contribution is 7.89. The number of sulfonamides is 1. The first kappa shape index (κ1) is 20.2. The number of aliphatic carboxylic acids is 1. The smallest absolute Gasteiger partial charge is 0.322 e. The van der Waals surface area contributed by atoms with Gasteiger partial charge in [0, 0.05) is 6.38 Å². The molecule has 0 spiro atoms. The molecule has 2 rings (SSSR count). The zero-order valence-electron chi connectivity index (χ0n) is 13.4. The van der Waals surface area contributed by atoms with Gasteiger partial charge in [0.25, 0.3) is 0 Å². The van der Waals surface area contributed by atoms with Gasteiger partial charge in [0.05, 0.1) is 4.90 Å². The van der Waals surface area contributed by atoms with E-state index >= 15 is 0 Å². The zero-order chi connectivity index (χ0) is 18.2. The predicted molar refractivity (Wildman–Crippen MR) is 94.8 cm³/mol. The summed E-state index contributed by atoms with van der Waals surface area (Å²) in [7, 11) is -3.87. The maximum atomic E-state index is 12.3. The van der Waals surface area contributed by atoms with Crippen LogP contribution in [-0.2, 0) is 21.2 Å². The minimum absolute atomic E-state index is 0.0532. The van der Waals surface area contributed by atoms with Gasteiger partial charge in [-0.15, -0.1) is 11.6 Å². The Morgan fingerprint density at radius 3 is 2.12 bits per heavy atom. The maximum absolute atomic E-state index is 12.3. The molecule has 0 aliphatic rings. The van der Waals surface area contributed by atoms with Crippen molar-refractivity contribution in [1.29, 1.82) is 0 Å². The number of hydrogen-bond donors (Lipinski definition) is 2. The first-order valence-electron chi connectivity index (χ1n) is 7.12. The van der Waals surface area contributed by atoms with Crippen molar-refractivity contribution in [3.8, 4) is 0 Å². The van der Waals surface area contributed by atoms with Crippen molar-refractivity contribution in [2.24, 2.45) is 0 Å². The molecule has 24 heavy (non-hydrogen) atoms. The van der Waals surface area contributed by atoms with E-state index in [-0.39, 0.29) is 11.3 Å². The van der Waals surface area contributed by atoms with Crippen molar-refractivity contribution < 1.29 is 18.3 Å². The summed E-state index contributed by atoms with van der Waals surface area (Å²) in [6.45, 7) is 1.85. The Bertz CT molecular complexity index is 746. The number of nitrogens with one attached hydrogen (secondary N) is 1. The number of carboxylic acid groups (broad SMARTS) is 1. The third-order valence-electron chi connectivity index (χ3n) is 3.21. The van der Waals surface area contributed by atoms with Crippen LogP contribution in [0.4, 0.5) is 0 Å². The van der Waals surface area contributed by atoms with Crippen LogP contribution in [0.2, 0.25) is 0 Å². The lowest BCUT2D eigenvalue weighted by atomic mass is 10.1. The van der Waals surface area contributed by atoms with Crippen LogP contribution in [0, 0.1) is 6.92 Å². The number of hydrogen-bond acceptors (Lipinski definition) is 3. The van der Waals surface area contributed by atoms with Crippen molar-refractivity contribution in [2.75, 3.05) is 6.38 Å². The number of alkyl halides is 1. The Labute approximate surface area is 147 Å². The molecule has 2 aromatic carbocycles. The third kappa shape index (κ3) is 5.96. The molecule has 0 aliphatic heterocycles. The summed E-state index contributed by atoms with van der Waals surface area (Å²) in [5, 5.41) is 9.26. The lowest BCUT2D eigenvalue weighted by molar-refractivity contribution is -0.138. The number of carbonyl (C=O) groups is 1. The summed E-state index contributed by atoms with van der Waals surface area (Å²) in [6, 6.07) is 13.9. The summed E-state index contributed by atoms with van der Waals surface area (Å²) in [4.78, 5) is 11.4. The van der Waals surface area contributed by atoms with Crippen LogP contribution in [0.25, 0.3) is 0 Å². The second kappa shape index (κ2) is 9.42. The molecular weight excluding hydrogens is 350 g/mol. The fourth-order valence-corrected chi connectivity index (χ4v) is 3.19. The molecule has 5 nitrogen and oxygen atoms in total. The second-order valence-electron chi connectivity index (χ2n) is 5.01.